The molecule has 144 valence electrons. The zero-order chi connectivity index (χ0) is 19.6. The third kappa shape index (κ3) is 3.69. The first-order valence-corrected chi connectivity index (χ1v) is 10.2. The number of halogens is 1. The first-order chi connectivity index (χ1) is 14.3. The van der Waals surface area contributed by atoms with Crippen molar-refractivity contribution in [2.24, 2.45) is 0 Å². The quantitative estimate of drug-likeness (QED) is 0.493. The van der Waals surface area contributed by atoms with Crippen LogP contribution in [0.15, 0.2) is 72.9 Å². The van der Waals surface area contributed by atoms with E-state index in [2.05, 4.69) is 69.3 Å². The predicted octanol–water partition coefficient (Wildman–Crippen LogP) is 5.05. The van der Waals surface area contributed by atoms with Gasteiger partial charge < -0.3 is 5.32 Å². The van der Waals surface area contributed by atoms with Crippen molar-refractivity contribution < 1.29 is 0 Å². The SMILES string of the molecule is Clc1c(-c2ccc(CNC3Cc4ccccc4C3)cc2)cccc1-c1cn[nH]n1. The Kier molecular flexibility index (Phi) is 4.88. The highest BCUT2D eigenvalue weighted by Crippen LogP contribution is 2.35. The zero-order valence-corrected chi connectivity index (χ0v) is 16.7. The largest absolute Gasteiger partial charge is 0.309 e. The molecule has 5 heteroatoms. The summed E-state index contributed by atoms with van der Waals surface area (Å²) in [4.78, 5) is 0. The van der Waals surface area contributed by atoms with Gasteiger partial charge in [0.15, 0.2) is 0 Å². The fourth-order valence-corrected chi connectivity index (χ4v) is 4.38. The molecule has 0 saturated heterocycles. The van der Waals surface area contributed by atoms with E-state index in [4.69, 9.17) is 11.6 Å². The van der Waals surface area contributed by atoms with Crippen LogP contribution in [-0.2, 0) is 19.4 Å². The van der Waals surface area contributed by atoms with E-state index in [9.17, 15) is 0 Å². The van der Waals surface area contributed by atoms with Crippen molar-refractivity contribution in [3.8, 4) is 22.4 Å². The van der Waals surface area contributed by atoms with Gasteiger partial charge in [0.2, 0.25) is 0 Å². The number of rotatable bonds is 5. The fourth-order valence-electron chi connectivity index (χ4n) is 4.05. The van der Waals surface area contributed by atoms with Crippen LogP contribution in [0.1, 0.15) is 16.7 Å². The molecule has 1 aromatic heterocycles. The van der Waals surface area contributed by atoms with Gasteiger partial charge in [-0.1, -0.05) is 78.3 Å². The Morgan fingerprint density at radius 1 is 0.897 bits per heavy atom. The number of H-pyrrole nitrogens is 1. The lowest BCUT2D eigenvalue weighted by Crippen LogP contribution is -2.28. The molecule has 4 nitrogen and oxygen atoms in total. The number of nitrogens with one attached hydrogen (secondary N) is 2. The molecular formula is C24H21ClN4. The second kappa shape index (κ2) is 7.82. The Bertz CT molecular complexity index is 1100. The molecule has 29 heavy (non-hydrogen) atoms. The van der Waals surface area contributed by atoms with Crippen molar-refractivity contribution in [2.45, 2.75) is 25.4 Å². The van der Waals surface area contributed by atoms with E-state index in [0.29, 0.717) is 11.1 Å². The highest BCUT2D eigenvalue weighted by Gasteiger charge is 2.20. The van der Waals surface area contributed by atoms with E-state index in [-0.39, 0.29) is 0 Å². The molecule has 0 atom stereocenters. The fraction of sp³-hybridized carbons (Fsp3) is 0.167. The summed E-state index contributed by atoms with van der Waals surface area (Å²) in [5, 5.41) is 15.1. The summed E-state index contributed by atoms with van der Waals surface area (Å²) in [6, 6.07) is 23.8. The maximum absolute atomic E-state index is 6.67. The normalized spacial score (nSPS) is 13.6. The predicted molar refractivity (Wildman–Crippen MR) is 117 cm³/mol. The number of hydrogen-bond acceptors (Lipinski definition) is 3. The van der Waals surface area contributed by atoms with Gasteiger partial charge in [-0.2, -0.15) is 15.4 Å². The summed E-state index contributed by atoms with van der Waals surface area (Å²) >= 11 is 6.67. The molecule has 2 N–H and O–H groups in total. The third-order valence-corrected chi connectivity index (χ3v) is 6.01. The smallest absolute Gasteiger partial charge is 0.114 e. The summed E-state index contributed by atoms with van der Waals surface area (Å²) in [6.45, 7) is 0.867. The van der Waals surface area contributed by atoms with Crippen LogP contribution < -0.4 is 5.32 Å². The van der Waals surface area contributed by atoms with E-state index in [1.54, 1.807) is 6.20 Å². The number of fused-ring (bicyclic) bond motifs is 1. The van der Waals surface area contributed by atoms with E-state index in [1.165, 1.54) is 16.7 Å². The molecule has 4 aromatic rings. The second-order valence-corrected chi connectivity index (χ2v) is 7.85. The lowest BCUT2D eigenvalue weighted by Gasteiger charge is -2.13. The number of hydrogen-bond donors (Lipinski definition) is 2. The van der Waals surface area contributed by atoms with Gasteiger partial charge in [-0.15, -0.1) is 0 Å². The summed E-state index contributed by atoms with van der Waals surface area (Å²) in [5.41, 5.74) is 7.94. The van der Waals surface area contributed by atoms with Gasteiger partial charge in [0, 0.05) is 23.7 Å². The number of aromatic amines is 1. The highest BCUT2D eigenvalue weighted by atomic mass is 35.5. The average Bonchev–Trinajstić information content (AvgIpc) is 3.42. The van der Waals surface area contributed by atoms with Crippen LogP contribution in [0, 0.1) is 0 Å². The van der Waals surface area contributed by atoms with Gasteiger partial charge in [-0.3, -0.25) is 0 Å². The van der Waals surface area contributed by atoms with E-state index < -0.39 is 0 Å². The van der Waals surface area contributed by atoms with Crippen molar-refractivity contribution in [3.63, 3.8) is 0 Å². The Morgan fingerprint density at radius 2 is 1.62 bits per heavy atom. The minimum Gasteiger partial charge on any atom is -0.309 e. The molecule has 5 rings (SSSR count). The second-order valence-electron chi connectivity index (χ2n) is 7.47. The third-order valence-electron chi connectivity index (χ3n) is 5.60. The molecule has 0 aliphatic heterocycles. The number of nitrogens with zero attached hydrogens (tertiary/aromatic N) is 2. The van der Waals surface area contributed by atoms with Crippen molar-refractivity contribution in [1.29, 1.82) is 0 Å². The first kappa shape index (κ1) is 18.1. The zero-order valence-electron chi connectivity index (χ0n) is 15.9. The van der Waals surface area contributed by atoms with Gasteiger partial charge in [-0.25, -0.2) is 0 Å². The highest BCUT2D eigenvalue weighted by molar-refractivity contribution is 6.36. The molecule has 0 spiro atoms. The summed E-state index contributed by atoms with van der Waals surface area (Å²) in [6.07, 6.45) is 3.90. The standard InChI is InChI=1S/C24H21ClN4/c25-24-21(6-3-7-22(24)23-15-27-29-28-23)17-10-8-16(9-11-17)14-26-20-12-18-4-1-2-5-19(18)13-20/h1-11,15,20,26H,12-14H2,(H,27,28,29). The van der Waals surface area contributed by atoms with Crippen LogP contribution in [-0.4, -0.2) is 21.5 Å². The molecule has 1 aliphatic rings. The minimum absolute atomic E-state index is 0.515. The van der Waals surface area contributed by atoms with Crippen molar-refractivity contribution in [1.82, 2.24) is 20.7 Å². The van der Waals surface area contributed by atoms with E-state index in [1.807, 2.05) is 18.2 Å². The molecule has 0 bridgehead atoms. The Morgan fingerprint density at radius 3 is 2.31 bits per heavy atom. The molecule has 0 saturated carbocycles. The van der Waals surface area contributed by atoms with Gasteiger partial charge in [0.25, 0.3) is 0 Å². The Hall–Kier alpha value is -2.95. The van der Waals surface area contributed by atoms with E-state index >= 15 is 0 Å². The van der Waals surface area contributed by atoms with Gasteiger partial charge in [0.05, 0.1) is 11.2 Å². The molecule has 0 unspecified atom stereocenters. The lowest BCUT2D eigenvalue weighted by molar-refractivity contribution is 0.533. The van der Waals surface area contributed by atoms with Crippen LogP contribution in [0.4, 0.5) is 0 Å². The summed E-state index contributed by atoms with van der Waals surface area (Å²) < 4.78 is 0. The van der Waals surface area contributed by atoms with Crippen molar-refractivity contribution in [3.05, 3.63) is 94.6 Å². The van der Waals surface area contributed by atoms with Crippen LogP contribution in [0.25, 0.3) is 22.4 Å². The minimum atomic E-state index is 0.515. The molecular weight excluding hydrogens is 380 g/mol. The van der Waals surface area contributed by atoms with Gasteiger partial charge in [0.1, 0.15) is 5.69 Å². The first-order valence-electron chi connectivity index (χ1n) is 9.82. The summed E-state index contributed by atoms with van der Waals surface area (Å²) in [7, 11) is 0. The number of aromatic nitrogens is 3. The van der Waals surface area contributed by atoms with E-state index in [0.717, 1.165) is 41.8 Å². The average molecular weight is 401 g/mol. The molecule has 3 aromatic carbocycles. The maximum Gasteiger partial charge on any atom is 0.114 e. The Labute approximate surface area is 174 Å². The molecule has 0 fully saturated rings. The van der Waals surface area contributed by atoms with Crippen molar-refractivity contribution >= 4 is 11.6 Å². The lowest BCUT2D eigenvalue weighted by atomic mass is 10.0. The topological polar surface area (TPSA) is 53.6 Å². The van der Waals surface area contributed by atoms with Crippen LogP contribution in [0.2, 0.25) is 5.02 Å². The van der Waals surface area contributed by atoms with Crippen molar-refractivity contribution in [2.75, 3.05) is 0 Å². The van der Waals surface area contributed by atoms with Gasteiger partial charge in [-0.05, 0) is 35.1 Å². The van der Waals surface area contributed by atoms with Crippen LogP contribution in [0.5, 0.6) is 0 Å². The molecule has 1 heterocycles. The molecule has 0 amide bonds. The summed E-state index contributed by atoms with van der Waals surface area (Å²) in [5.74, 6) is 0. The number of benzene rings is 3. The maximum atomic E-state index is 6.67. The van der Waals surface area contributed by atoms with Gasteiger partial charge >= 0.3 is 0 Å². The monoisotopic (exact) mass is 400 g/mol. The Balaban J connectivity index is 1.28. The molecule has 1 aliphatic carbocycles. The molecule has 0 radical (unpaired) electrons. The van der Waals surface area contributed by atoms with Crippen LogP contribution in [0.3, 0.4) is 0 Å². The van der Waals surface area contributed by atoms with Crippen LogP contribution >= 0.6 is 11.6 Å².